The fourth-order valence-corrected chi connectivity index (χ4v) is 5.25. The number of nitrogens with one attached hydrogen (secondary N) is 1. The smallest absolute Gasteiger partial charge is 0.256 e. The first kappa shape index (κ1) is 26.9. The van der Waals surface area contributed by atoms with E-state index in [0.29, 0.717) is 43.6 Å². The second-order valence-corrected chi connectivity index (χ2v) is 10.3. The highest BCUT2D eigenvalue weighted by atomic mass is 19.1. The van der Waals surface area contributed by atoms with Crippen LogP contribution in [0.2, 0.25) is 0 Å². The van der Waals surface area contributed by atoms with Gasteiger partial charge in [0.25, 0.3) is 5.91 Å². The van der Waals surface area contributed by atoms with Crippen molar-refractivity contribution < 1.29 is 18.7 Å². The van der Waals surface area contributed by atoms with Crippen molar-refractivity contribution in [2.75, 3.05) is 57.8 Å². The van der Waals surface area contributed by atoms with Crippen LogP contribution in [0.3, 0.4) is 0 Å². The van der Waals surface area contributed by atoms with E-state index in [-0.39, 0.29) is 17.4 Å². The second kappa shape index (κ2) is 11.6. The zero-order valence-electron chi connectivity index (χ0n) is 22.9. The number of morpholine rings is 1. The summed E-state index contributed by atoms with van der Waals surface area (Å²) in [7, 11) is 0. The van der Waals surface area contributed by atoms with Crippen LogP contribution in [0.15, 0.2) is 60.9 Å². The van der Waals surface area contributed by atoms with Crippen molar-refractivity contribution in [3.8, 4) is 5.69 Å². The number of ether oxygens (including phenoxy) is 1. The van der Waals surface area contributed by atoms with Crippen molar-refractivity contribution in [3.05, 3.63) is 77.9 Å². The highest BCUT2D eigenvalue weighted by Crippen LogP contribution is 2.24. The summed E-state index contributed by atoms with van der Waals surface area (Å²) in [6.07, 6.45) is 3.54. The molecule has 0 unspecified atom stereocenters. The number of rotatable bonds is 6. The van der Waals surface area contributed by atoms with Gasteiger partial charge in [0.1, 0.15) is 11.5 Å². The Balaban J connectivity index is 1.14. The molecule has 1 N–H and O–H groups in total. The Bertz CT molecular complexity index is 1560. The van der Waals surface area contributed by atoms with Gasteiger partial charge in [-0.05, 0) is 42.0 Å². The molecule has 4 aromatic rings. The quantitative estimate of drug-likeness (QED) is 0.388. The van der Waals surface area contributed by atoms with E-state index >= 15 is 4.39 Å². The number of anilines is 2. The van der Waals surface area contributed by atoms with Gasteiger partial charge in [0.15, 0.2) is 0 Å². The molecule has 2 amide bonds. The monoisotopic (exact) mass is 557 g/mol. The van der Waals surface area contributed by atoms with Gasteiger partial charge in [-0.1, -0.05) is 12.1 Å². The van der Waals surface area contributed by atoms with E-state index in [2.05, 4.69) is 27.3 Å². The first-order valence-electron chi connectivity index (χ1n) is 13.8. The van der Waals surface area contributed by atoms with Crippen LogP contribution in [0.4, 0.5) is 16.0 Å². The lowest BCUT2D eigenvalue weighted by Gasteiger charge is -2.34. The lowest BCUT2D eigenvalue weighted by Crippen LogP contribution is -2.47. The van der Waals surface area contributed by atoms with Crippen molar-refractivity contribution in [3.63, 3.8) is 0 Å². The van der Waals surface area contributed by atoms with Crippen LogP contribution in [0, 0.1) is 5.82 Å². The number of halogens is 1. The molecule has 2 aliphatic rings. The second-order valence-electron chi connectivity index (χ2n) is 10.3. The zero-order chi connectivity index (χ0) is 28.3. The predicted molar refractivity (Wildman–Crippen MR) is 153 cm³/mol. The zero-order valence-corrected chi connectivity index (χ0v) is 22.9. The maximum Gasteiger partial charge on any atom is 0.256 e. The fraction of sp³-hybridized carbons (Fsp3) is 0.333. The highest BCUT2D eigenvalue weighted by Gasteiger charge is 2.22. The van der Waals surface area contributed by atoms with Gasteiger partial charge < -0.3 is 24.4 Å². The highest BCUT2D eigenvalue weighted by molar-refractivity contribution is 5.95. The van der Waals surface area contributed by atoms with Crippen LogP contribution in [-0.2, 0) is 16.1 Å². The third-order valence-corrected chi connectivity index (χ3v) is 7.62. The summed E-state index contributed by atoms with van der Waals surface area (Å²) >= 11 is 0. The Hall–Kier alpha value is -4.35. The molecule has 0 atom stereocenters. The summed E-state index contributed by atoms with van der Waals surface area (Å²) in [4.78, 5) is 39.3. The SMILES string of the molecule is CC(=O)N1CCN(Cc2ccc(Nc3ncc4ccn(-c5ccc(C(=O)N6CCOCC6)c(F)c5)c4n3)cc2)CC1. The van der Waals surface area contributed by atoms with Gasteiger partial charge in [0, 0.05) is 81.9 Å². The fourth-order valence-electron chi connectivity index (χ4n) is 5.25. The van der Waals surface area contributed by atoms with E-state index in [4.69, 9.17) is 9.72 Å². The summed E-state index contributed by atoms with van der Waals surface area (Å²) in [5.74, 6) is -0.349. The predicted octanol–water partition coefficient (Wildman–Crippen LogP) is 3.44. The topological polar surface area (TPSA) is 95.8 Å². The molecule has 2 aromatic carbocycles. The Morgan fingerprint density at radius 2 is 1.71 bits per heavy atom. The molecule has 0 saturated carbocycles. The lowest BCUT2D eigenvalue weighted by molar-refractivity contribution is -0.130. The molecular formula is C30H32FN7O3. The number of aromatic nitrogens is 3. The standard InChI is InChI=1S/C30H32FN7O3/c1-21(39)36-12-10-35(11-13-36)20-22-2-4-24(5-3-22)33-30-32-19-23-8-9-38(28(23)34-30)25-6-7-26(27(31)18-25)29(40)37-14-16-41-17-15-37/h2-9,18-19H,10-17,20H2,1H3,(H,32,33,34). The van der Waals surface area contributed by atoms with Crippen molar-refractivity contribution >= 4 is 34.5 Å². The Labute approximate surface area is 237 Å². The van der Waals surface area contributed by atoms with Crippen molar-refractivity contribution in [1.29, 1.82) is 0 Å². The van der Waals surface area contributed by atoms with Crippen molar-refractivity contribution in [2.24, 2.45) is 0 Å². The third kappa shape index (κ3) is 5.91. The number of hydrogen-bond acceptors (Lipinski definition) is 7. The number of carbonyl (C=O) groups is 2. The molecule has 10 nitrogen and oxygen atoms in total. The molecule has 0 spiro atoms. The molecule has 212 valence electrons. The molecule has 0 bridgehead atoms. The maximum atomic E-state index is 15.1. The molecule has 0 aliphatic carbocycles. The van der Waals surface area contributed by atoms with E-state index < -0.39 is 5.82 Å². The lowest BCUT2D eigenvalue weighted by atomic mass is 10.1. The molecule has 11 heteroatoms. The first-order chi connectivity index (χ1) is 19.9. The van der Waals surface area contributed by atoms with Gasteiger partial charge in [0.05, 0.1) is 18.8 Å². The Morgan fingerprint density at radius 3 is 2.41 bits per heavy atom. The van der Waals surface area contributed by atoms with Gasteiger partial charge in [-0.25, -0.2) is 9.37 Å². The summed E-state index contributed by atoms with van der Waals surface area (Å²) < 4.78 is 22.2. The van der Waals surface area contributed by atoms with E-state index in [0.717, 1.165) is 43.8 Å². The number of carbonyl (C=O) groups excluding carboxylic acids is 2. The largest absolute Gasteiger partial charge is 0.378 e. The Morgan fingerprint density at radius 1 is 0.951 bits per heavy atom. The van der Waals surface area contributed by atoms with Crippen LogP contribution in [0.1, 0.15) is 22.8 Å². The van der Waals surface area contributed by atoms with Crippen LogP contribution in [-0.4, -0.2) is 93.5 Å². The molecule has 41 heavy (non-hydrogen) atoms. The number of nitrogens with zero attached hydrogens (tertiary/aromatic N) is 6. The number of benzene rings is 2. The average molecular weight is 558 g/mol. The molecular weight excluding hydrogens is 525 g/mol. The summed E-state index contributed by atoms with van der Waals surface area (Å²) in [6.45, 7) is 7.54. The van der Waals surface area contributed by atoms with E-state index in [9.17, 15) is 9.59 Å². The molecule has 2 aliphatic heterocycles. The van der Waals surface area contributed by atoms with Crippen molar-refractivity contribution in [2.45, 2.75) is 13.5 Å². The summed E-state index contributed by atoms with van der Waals surface area (Å²) in [5.41, 5.74) is 3.27. The number of hydrogen-bond donors (Lipinski definition) is 1. The van der Waals surface area contributed by atoms with E-state index in [1.165, 1.54) is 17.7 Å². The minimum absolute atomic E-state index is 0.0471. The average Bonchev–Trinajstić information content (AvgIpc) is 3.42. The minimum atomic E-state index is -0.575. The maximum absolute atomic E-state index is 15.1. The normalized spacial score (nSPS) is 16.2. The molecule has 4 heterocycles. The molecule has 6 rings (SSSR count). The number of piperazine rings is 1. The van der Waals surface area contributed by atoms with Gasteiger partial charge in [0.2, 0.25) is 11.9 Å². The van der Waals surface area contributed by atoms with Crippen LogP contribution >= 0.6 is 0 Å². The molecule has 2 fully saturated rings. The Kier molecular flexibility index (Phi) is 7.62. The van der Waals surface area contributed by atoms with Crippen LogP contribution < -0.4 is 5.32 Å². The first-order valence-corrected chi connectivity index (χ1v) is 13.8. The van der Waals surface area contributed by atoms with Gasteiger partial charge in [-0.2, -0.15) is 4.98 Å². The summed E-state index contributed by atoms with van der Waals surface area (Å²) in [5, 5.41) is 4.07. The van der Waals surface area contributed by atoms with Crippen LogP contribution in [0.5, 0.6) is 0 Å². The van der Waals surface area contributed by atoms with E-state index in [1.807, 2.05) is 29.3 Å². The molecule has 0 radical (unpaired) electrons. The van der Waals surface area contributed by atoms with Gasteiger partial charge in [-0.3, -0.25) is 14.5 Å². The minimum Gasteiger partial charge on any atom is -0.378 e. The van der Waals surface area contributed by atoms with Gasteiger partial charge >= 0.3 is 0 Å². The number of fused-ring (bicyclic) bond motifs is 1. The van der Waals surface area contributed by atoms with Crippen LogP contribution in [0.25, 0.3) is 16.7 Å². The molecule has 2 saturated heterocycles. The summed E-state index contributed by atoms with van der Waals surface area (Å²) in [6, 6.07) is 14.6. The van der Waals surface area contributed by atoms with Crippen molar-refractivity contribution in [1.82, 2.24) is 29.2 Å². The molecule has 2 aromatic heterocycles. The number of amides is 2. The van der Waals surface area contributed by atoms with Gasteiger partial charge in [-0.15, -0.1) is 0 Å². The van der Waals surface area contributed by atoms with E-state index in [1.54, 1.807) is 28.7 Å². The third-order valence-electron chi connectivity index (χ3n) is 7.62.